The van der Waals surface area contributed by atoms with Gasteiger partial charge in [0.25, 0.3) is 5.69 Å². The number of benzene rings is 1. The maximum atomic E-state index is 10.7. The number of nitro benzene ring substituents is 1. The van der Waals surface area contributed by atoms with Crippen LogP contribution in [0, 0.1) is 24.0 Å². The lowest BCUT2D eigenvalue weighted by molar-refractivity contribution is -0.385. The molecule has 1 heterocycles. The predicted molar refractivity (Wildman–Crippen MR) is 50.1 cm³/mol. The fourth-order valence-corrected chi connectivity index (χ4v) is 1.48. The zero-order valence-electron chi connectivity index (χ0n) is 7.77. The Morgan fingerprint density at radius 3 is 2.86 bits per heavy atom. The third kappa shape index (κ3) is 1.06. The molecule has 0 radical (unpaired) electrons. The van der Waals surface area contributed by atoms with Crippen LogP contribution in [-0.4, -0.2) is 9.91 Å². The van der Waals surface area contributed by atoms with Gasteiger partial charge < -0.3 is 4.42 Å². The summed E-state index contributed by atoms with van der Waals surface area (Å²) in [5, 5.41) is 10.7. The molecule has 5 nitrogen and oxygen atoms in total. The monoisotopic (exact) mass is 192 g/mol. The molecule has 0 amide bonds. The summed E-state index contributed by atoms with van der Waals surface area (Å²) < 4.78 is 5.10. The number of hydrogen-bond acceptors (Lipinski definition) is 4. The molecule has 0 saturated carbocycles. The molecule has 0 spiro atoms. The van der Waals surface area contributed by atoms with E-state index in [4.69, 9.17) is 4.42 Å². The minimum absolute atomic E-state index is 0.0757. The van der Waals surface area contributed by atoms with Crippen molar-refractivity contribution in [3.63, 3.8) is 0 Å². The molecule has 0 aliphatic rings. The summed E-state index contributed by atoms with van der Waals surface area (Å²) in [5.41, 5.74) is 2.54. The Bertz CT molecular complexity index is 516. The summed E-state index contributed by atoms with van der Waals surface area (Å²) in [5.74, 6) is 0. The Morgan fingerprint density at radius 2 is 2.21 bits per heavy atom. The van der Waals surface area contributed by atoms with Gasteiger partial charge in [-0.3, -0.25) is 10.1 Å². The van der Waals surface area contributed by atoms with Gasteiger partial charge in [-0.05, 0) is 19.4 Å². The second-order valence-corrected chi connectivity index (χ2v) is 3.12. The fraction of sp³-hybridized carbons (Fsp3) is 0.222. The number of aromatic nitrogens is 1. The topological polar surface area (TPSA) is 69.2 Å². The van der Waals surface area contributed by atoms with E-state index in [0.29, 0.717) is 16.7 Å². The molecule has 2 aromatic rings. The SMILES string of the molecule is Cc1cc([N+](=O)[O-])c(C)c2ocnc12. The van der Waals surface area contributed by atoms with Gasteiger partial charge in [0.1, 0.15) is 5.52 Å². The van der Waals surface area contributed by atoms with Gasteiger partial charge in [0.15, 0.2) is 12.0 Å². The zero-order chi connectivity index (χ0) is 10.3. The Balaban J connectivity index is 2.88. The van der Waals surface area contributed by atoms with Gasteiger partial charge in [0, 0.05) is 6.07 Å². The van der Waals surface area contributed by atoms with E-state index in [9.17, 15) is 10.1 Å². The van der Waals surface area contributed by atoms with Crippen LogP contribution in [0.3, 0.4) is 0 Å². The van der Waals surface area contributed by atoms with Gasteiger partial charge in [-0.25, -0.2) is 4.98 Å². The largest absolute Gasteiger partial charge is 0.443 e. The van der Waals surface area contributed by atoms with Crippen molar-refractivity contribution in [3.05, 3.63) is 33.7 Å². The van der Waals surface area contributed by atoms with Crippen LogP contribution >= 0.6 is 0 Å². The lowest BCUT2D eigenvalue weighted by Gasteiger charge is -1.99. The van der Waals surface area contributed by atoms with E-state index >= 15 is 0 Å². The average Bonchev–Trinajstić information content (AvgIpc) is 2.59. The first-order valence-electron chi connectivity index (χ1n) is 4.09. The minimum Gasteiger partial charge on any atom is -0.443 e. The standard InChI is InChI=1S/C9H8N2O3/c1-5-3-7(11(12)13)6(2)9-8(5)10-4-14-9/h3-4H,1-2H3. The molecule has 5 heteroatoms. The quantitative estimate of drug-likeness (QED) is 0.513. The van der Waals surface area contributed by atoms with Crippen LogP contribution in [0.5, 0.6) is 0 Å². The Hall–Kier alpha value is -1.91. The number of rotatable bonds is 1. The summed E-state index contributed by atoms with van der Waals surface area (Å²) in [6.07, 6.45) is 1.30. The normalized spacial score (nSPS) is 10.7. The van der Waals surface area contributed by atoms with Crippen molar-refractivity contribution in [1.82, 2.24) is 4.98 Å². The second kappa shape index (κ2) is 2.80. The van der Waals surface area contributed by atoms with E-state index in [1.807, 2.05) is 0 Å². The van der Waals surface area contributed by atoms with Crippen molar-refractivity contribution < 1.29 is 9.34 Å². The Morgan fingerprint density at radius 1 is 1.50 bits per heavy atom. The van der Waals surface area contributed by atoms with Gasteiger partial charge in [-0.15, -0.1) is 0 Å². The van der Waals surface area contributed by atoms with Crippen LogP contribution < -0.4 is 0 Å². The molecule has 0 saturated heterocycles. The molecule has 14 heavy (non-hydrogen) atoms. The van der Waals surface area contributed by atoms with Crippen molar-refractivity contribution in [1.29, 1.82) is 0 Å². The van der Waals surface area contributed by atoms with E-state index < -0.39 is 4.92 Å². The summed E-state index contributed by atoms with van der Waals surface area (Å²) in [7, 11) is 0. The lowest BCUT2D eigenvalue weighted by Crippen LogP contribution is -1.93. The van der Waals surface area contributed by atoms with Crippen LogP contribution in [0.4, 0.5) is 5.69 Å². The first-order chi connectivity index (χ1) is 6.61. The molecular formula is C9H8N2O3. The van der Waals surface area contributed by atoms with E-state index in [1.165, 1.54) is 12.5 Å². The summed E-state index contributed by atoms with van der Waals surface area (Å²) in [6.45, 7) is 3.43. The number of aryl methyl sites for hydroxylation is 2. The van der Waals surface area contributed by atoms with Crippen molar-refractivity contribution >= 4 is 16.8 Å². The number of fused-ring (bicyclic) bond motifs is 1. The highest BCUT2D eigenvalue weighted by Crippen LogP contribution is 2.28. The molecule has 0 bridgehead atoms. The van der Waals surface area contributed by atoms with E-state index in [1.54, 1.807) is 13.8 Å². The number of nitrogens with zero attached hydrogens (tertiary/aromatic N) is 2. The zero-order valence-corrected chi connectivity index (χ0v) is 7.77. The molecule has 0 aliphatic carbocycles. The van der Waals surface area contributed by atoms with Gasteiger partial charge in [0.05, 0.1) is 10.5 Å². The maximum Gasteiger partial charge on any atom is 0.276 e. The molecule has 72 valence electrons. The van der Waals surface area contributed by atoms with Crippen LogP contribution in [0.1, 0.15) is 11.1 Å². The molecule has 2 rings (SSSR count). The Kier molecular flexibility index (Phi) is 1.73. The summed E-state index contributed by atoms with van der Waals surface area (Å²) in [4.78, 5) is 14.3. The van der Waals surface area contributed by atoms with Crippen LogP contribution in [0.15, 0.2) is 16.9 Å². The molecule has 0 aliphatic heterocycles. The lowest BCUT2D eigenvalue weighted by atomic mass is 10.1. The van der Waals surface area contributed by atoms with Gasteiger partial charge in [0.2, 0.25) is 0 Å². The van der Waals surface area contributed by atoms with E-state index in [2.05, 4.69) is 4.98 Å². The first-order valence-corrected chi connectivity index (χ1v) is 4.09. The summed E-state index contributed by atoms with van der Waals surface area (Å²) in [6, 6.07) is 1.51. The molecule has 1 aromatic heterocycles. The van der Waals surface area contributed by atoms with E-state index in [0.717, 1.165) is 5.56 Å². The smallest absolute Gasteiger partial charge is 0.276 e. The molecule has 0 N–H and O–H groups in total. The fourth-order valence-electron chi connectivity index (χ4n) is 1.48. The number of oxazole rings is 1. The maximum absolute atomic E-state index is 10.7. The van der Waals surface area contributed by atoms with E-state index in [-0.39, 0.29) is 5.69 Å². The third-order valence-electron chi connectivity index (χ3n) is 2.22. The van der Waals surface area contributed by atoms with Crippen LogP contribution in [0.25, 0.3) is 11.1 Å². The Labute approximate surface area is 79.5 Å². The summed E-state index contributed by atoms with van der Waals surface area (Å²) >= 11 is 0. The average molecular weight is 192 g/mol. The van der Waals surface area contributed by atoms with Crippen molar-refractivity contribution in [3.8, 4) is 0 Å². The molecule has 1 aromatic carbocycles. The molecule has 0 fully saturated rings. The van der Waals surface area contributed by atoms with Crippen molar-refractivity contribution in [2.45, 2.75) is 13.8 Å². The highest BCUT2D eigenvalue weighted by atomic mass is 16.6. The minimum atomic E-state index is -0.412. The first kappa shape index (κ1) is 8.68. The van der Waals surface area contributed by atoms with Gasteiger partial charge in [-0.1, -0.05) is 0 Å². The predicted octanol–water partition coefficient (Wildman–Crippen LogP) is 2.35. The van der Waals surface area contributed by atoms with Crippen molar-refractivity contribution in [2.75, 3.05) is 0 Å². The highest BCUT2D eigenvalue weighted by Gasteiger charge is 2.17. The third-order valence-corrected chi connectivity index (χ3v) is 2.22. The molecule has 0 atom stereocenters. The van der Waals surface area contributed by atoms with Crippen molar-refractivity contribution in [2.24, 2.45) is 0 Å². The van der Waals surface area contributed by atoms with Crippen LogP contribution in [0.2, 0.25) is 0 Å². The van der Waals surface area contributed by atoms with Gasteiger partial charge in [-0.2, -0.15) is 0 Å². The van der Waals surface area contributed by atoms with Gasteiger partial charge >= 0.3 is 0 Å². The molecule has 0 unspecified atom stereocenters. The number of hydrogen-bond donors (Lipinski definition) is 0. The second-order valence-electron chi connectivity index (χ2n) is 3.12. The molecular weight excluding hydrogens is 184 g/mol. The van der Waals surface area contributed by atoms with Crippen LogP contribution in [-0.2, 0) is 0 Å². The number of nitro groups is 1. The highest BCUT2D eigenvalue weighted by molar-refractivity contribution is 5.83.